The number of carbonyl (C=O) groups excluding carboxylic acids is 8. The van der Waals surface area contributed by atoms with Crippen molar-refractivity contribution in [1.29, 1.82) is 0 Å². The molecule has 0 fully saturated rings. The number of nitrogens with two attached hydrogens (primary N) is 1. The molecule has 9 atom stereocenters. The van der Waals surface area contributed by atoms with Crippen LogP contribution in [0.5, 0.6) is 0 Å². The second kappa shape index (κ2) is 23.1. The van der Waals surface area contributed by atoms with Crippen LogP contribution >= 0.6 is 0 Å². The van der Waals surface area contributed by atoms with Crippen LogP contribution in [0.15, 0.2) is 0 Å². The summed E-state index contributed by atoms with van der Waals surface area (Å²) in [6, 6.07) is -8.23. The molecule has 0 aromatic carbocycles. The van der Waals surface area contributed by atoms with Crippen molar-refractivity contribution in [3.8, 4) is 0 Å². The lowest BCUT2D eigenvalue weighted by molar-refractivity contribution is -0.144. The minimum absolute atomic E-state index is 0.700. The van der Waals surface area contributed by atoms with Gasteiger partial charge in [0.15, 0.2) is 6.04 Å². The zero-order valence-electron chi connectivity index (χ0n) is 29.1. The highest BCUT2D eigenvalue weighted by Crippen LogP contribution is 1.98. The summed E-state index contributed by atoms with van der Waals surface area (Å²) in [5.41, 5.74) is 5.44. The molecule has 0 bridgehead atoms. The van der Waals surface area contributed by atoms with Crippen LogP contribution in [0.25, 0.3) is 0 Å². The Morgan fingerprint density at radius 1 is 0.472 bits per heavy atom. The summed E-state index contributed by atoms with van der Waals surface area (Å²) in [7, 11) is 0. The third-order valence-electron chi connectivity index (χ3n) is 6.77. The Kier molecular flexibility index (Phi) is 20.7. The second-order valence-electron chi connectivity index (χ2n) is 11.6. The van der Waals surface area contributed by atoms with Gasteiger partial charge in [0.25, 0.3) is 0 Å². The van der Waals surface area contributed by atoms with Crippen LogP contribution in [0.4, 0.5) is 0 Å². The SMILES string of the molecule is C[C@@H](O)[C@H](N)C(=O)NCC(=O)N[C@H](C(=O)NCC(=O)N[C@@H](CC(=O)O)C(=O)NCC(=O)N[C@H](C(=O)NCC(=O)N[C@H](C(=O)O)[C@@H](C)O)[C@@H](C)O)[C@@H](C)O. The monoisotopic (exact) mass is 765 g/mol. The number of amides is 8. The summed E-state index contributed by atoms with van der Waals surface area (Å²) in [6.45, 7) is 1.19. The van der Waals surface area contributed by atoms with Crippen molar-refractivity contribution >= 4 is 59.2 Å². The first kappa shape index (κ1) is 47.5. The van der Waals surface area contributed by atoms with Crippen molar-refractivity contribution < 1.29 is 78.6 Å². The molecule has 0 saturated heterocycles. The molecule has 0 aromatic heterocycles. The van der Waals surface area contributed by atoms with Gasteiger partial charge in [-0.25, -0.2) is 4.79 Å². The second-order valence-corrected chi connectivity index (χ2v) is 11.6. The van der Waals surface area contributed by atoms with Crippen LogP contribution < -0.4 is 48.3 Å². The van der Waals surface area contributed by atoms with Crippen LogP contribution in [-0.2, 0) is 47.9 Å². The Morgan fingerprint density at radius 3 is 1.11 bits per heavy atom. The highest BCUT2D eigenvalue weighted by atomic mass is 16.4. The van der Waals surface area contributed by atoms with Crippen LogP contribution in [0.3, 0.4) is 0 Å². The zero-order chi connectivity index (χ0) is 41.2. The van der Waals surface area contributed by atoms with Crippen LogP contribution in [0.2, 0.25) is 0 Å². The summed E-state index contributed by atoms with van der Waals surface area (Å²) < 4.78 is 0. The summed E-state index contributed by atoms with van der Waals surface area (Å²) in [4.78, 5) is 121. The minimum atomic E-state index is -1.82. The zero-order valence-corrected chi connectivity index (χ0v) is 29.1. The van der Waals surface area contributed by atoms with Gasteiger partial charge in [0.2, 0.25) is 47.3 Å². The Labute approximate surface area is 301 Å². The number of carbonyl (C=O) groups is 10. The number of carboxylic acids is 2. The quantitative estimate of drug-likeness (QED) is 0.0459. The fraction of sp³-hybridized carbons (Fsp3) is 0.643. The molecule has 0 aliphatic heterocycles. The predicted octanol–water partition coefficient (Wildman–Crippen LogP) is -9.20. The van der Waals surface area contributed by atoms with Crippen LogP contribution in [0, 0.1) is 0 Å². The van der Waals surface area contributed by atoms with Gasteiger partial charge in [0.05, 0.1) is 57.0 Å². The number of aliphatic hydroxyl groups is 4. The summed E-state index contributed by atoms with van der Waals surface area (Å²) >= 11 is 0. The van der Waals surface area contributed by atoms with E-state index in [0.29, 0.717) is 0 Å². The maximum Gasteiger partial charge on any atom is 0.328 e. The Hall–Kier alpha value is -5.50. The molecule has 0 aromatic rings. The van der Waals surface area contributed by atoms with E-state index in [1.165, 1.54) is 6.92 Å². The summed E-state index contributed by atoms with van der Waals surface area (Å²) in [5.74, 6) is -11.7. The largest absolute Gasteiger partial charge is 0.481 e. The van der Waals surface area contributed by atoms with Crippen molar-refractivity contribution in [1.82, 2.24) is 42.5 Å². The fourth-order valence-corrected chi connectivity index (χ4v) is 3.85. The van der Waals surface area contributed by atoms with Gasteiger partial charge in [-0.1, -0.05) is 0 Å². The molecule has 53 heavy (non-hydrogen) atoms. The van der Waals surface area contributed by atoms with Crippen molar-refractivity contribution in [2.75, 3.05) is 26.2 Å². The van der Waals surface area contributed by atoms with E-state index in [-0.39, 0.29) is 0 Å². The van der Waals surface area contributed by atoms with Gasteiger partial charge in [-0.3, -0.25) is 43.2 Å². The van der Waals surface area contributed by atoms with Crippen molar-refractivity contribution in [2.24, 2.45) is 5.73 Å². The molecule has 25 nitrogen and oxygen atoms in total. The van der Waals surface area contributed by atoms with E-state index in [4.69, 9.17) is 10.8 Å². The lowest BCUT2D eigenvalue weighted by Crippen LogP contribution is -2.58. The smallest absolute Gasteiger partial charge is 0.328 e. The van der Waals surface area contributed by atoms with E-state index in [2.05, 4.69) is 21.3 Å². The average Bonchev–Trinajstić information content (AvgIpc) is 3.05. The number of aliphatic hydroxyl groups excluding tert-OH is 4. The third kappa shape index (κ3) is 18.5. The minimum Gasteiger partial charge on any atom is -0.481 e. The normalized spacial score (nSPS) is 15.9. The average molecular weight is 766 g/mol. The molecule has 25 heteroatoms. The number of hydrogen-bond donors (Lipinski definition) is 15. The first-order valence-corrected chi connectivity index (χ1v) is 15.7. The molecular weight excluding hydrogens is 718 g/mol. The number of carboxylic acid groups (broad SMARTS) is 2. The number of aliphatic carboxylic acids is 2. The summed E-state index contributed by atoms with van der Waals surface area (Å²) in [5, 5.41) is 73.2. The van der Waals surface area contributed by atoms with Gasteiger partial charge in [0, 0.05) is 0 Å². The number of hydrogen-bond acceptors (Lipinski definition) is 15. The molecule has 0 heterocycles. The topological polar surface area (TPSA) is 414 Å². The van der Waals surface area contributed by atoms with Crippen molar-refractivity contribution in [3.63, 3.8) is 0 Å². The Bertz CT molecular complexity index is 1360. The highest BCUT2D eigenvalue weighted by molar-refractivity contribution is 5.96. The van der Waals surface area contributed by atoms with E-state index < -0.39 is 146 Å². The van der Waals surface area contributed by atoms with Gasteiger partial charge in [-0.2, -0.15) is 0 Å². The van der Waals surface area contributed by atoms with E-state index in [1.54, 1.807) is 0 Å². The van der Waals surface area contributed by atoms with E-state index in [1.807, 2.05) is 21.3 Å². The van der Waals surface area contributed by atoms with Crippen molar-refractivity contribution in [2.45, 2.75) is 88.7 Å². The maximum atomic E-state index is 12.7. The number of rotatable bonds is 23. The van der Waals surface area contributed by atoms with Gasteiger partial charge in [0.1, 0.15) is 24.2 Å². The molecule has 300 valence electrons. The molecule has 0 radical (unpaired) electrons. The molecule has 0 aliphatic carbocycles. The van der Waals surface area contributed by atoms with E-state index in [0.717, 1.165) is 20.8 Å². The lowest BCUT2D eigenvalue weighted by atomic mass is 10.1. The molecular formula is C28H47N9O16. The van der Waals surface area contributed by atoms with Gasteiger partial charge >= 0.3 is 11.9 Å². The molecule has 0 spiro atoms. The first-order chi connectivity index (χ1) is 24.5. The standard InChI is InChI=1S/C28H47N9O16/c1-10(38)20(29)25(49)31-8-17(44)36-21(11(2)39)26(50)32-6-15(42)34-14(5-19(46)47)24(48)30-7-16(43)35-22(12(3)40)27(51)33-9-18(45)37-23(13(4)41)28(52)53/h10-14,20-23,38-41H,5-9,29H2,1-4H3,(H,30,48)(H,31,49)(H,32,50)(H,33,51)(H,34,42)(H,35,43)(H,36,44)(H,37,45)(H,46,47)(H,52,53)/t10-,11-,12-,13-,14+,20+,21+,22+,23+/m1/s1. The van der Waals surface area contributed by atoms with Gasteiger partial charge in [-0.05, 0) is 27.7 Å². The predicted molar refractivity (Wildman–Crippen MR) is 174 cm³/mol. The Morgan fingerprint density at radius 2 is 0.792 bits per heavy atom. The van der Waals surface area contributed by atoms with Crippen LogP contribution in [0.1, 0.15) is 34.1 Å². The summed E-state index contributed by atoms with van der Waals surface area (Å²) in [6.07, 6.45) is -6.82. The fourth-order valence-electron chi connectivity index (χ4n) is 3.85. The third-order valence-corrected chi connectivity index (χ3v) is 6.77. The molecule has 8 amide bonds. The first-order valence-electron chi connectivity index (χ1n) is 15.7. The molecule has 0 rings (SSSR count). The highest BCUT2D eigenvalue weighted by Gasteiger charge is 2.31. The Balaban J connectivity index is 5.19. The molecule has 0 saturated carbocycles. The van der Waals surface area contributed by atoms with E-state index in [9.17, 15) is 73.5 Å². The van der Waals surface area contributed by atoms with Gasteiger partial charge < -0.3 is 78.9 Å². The lowest BCUT2D eigenvalue weighted by Gasteiger charge is -2.22. The number of nitrogens with one attached hydrogen (secondary N) is 8. The molecule has 16 N–H and O–H groups in total. The maximum absolute atomic E-state index is 12.7. The van der Waals surface area contributed by atoms with Crippen molar-refractivity contribution in [3.05, 3.63) is 0 Å². The molecule has 0 unspecified atom stereocenters. The molecule has 0 aliphatic rings. The van der Waals surface area contributed by atoms with Gasteiger partial charge in [-0.15, -0.1) is 0 Å². The van der Waals surface area contributed by atoms with Crippen LogP contribution in [-0.4, -0.2) is 171 Å². The van der Waals surface area contributed by atoms with E-state index >= 15 is 0 Å².